The minimum atomic E-state index is 0.0154. The molecule has 1 aliphatic carbocycles. The lowest BCUT2D eigenvalue weighted by Gasteiger charge is -2.28. The molecule has 1 rings (SSSR count). The van der Waals surface area contributed by atoms with E-state index in [1.807, 2.05) is 0 Å². The Morgan fingerprint density at radius 2 is 2.00 bits per heavy atom. The van der Waals surface area contributed by atoms with E-state index in [9.17, 15) is 0 Å². The predicted octanol–water partition coefficient (Wildman–Crippen LogP) is 4.08. The zero-order chi connectivity index (χ0) is 10.6. The molecular formula is C13H24O. The fourth-order valence-electron chi connectivity index (χ4n) is 1.95. The molecule has 1 atom stereocenters. The fraction of sp³-hybridized carbons (Fsp3) is 0.846. The maximum Gasteiger partial charge on any atom is 0.0602 e. The van der Waals surface area contributed by atoms with Crippen molar-refractivity contribution in [1.29, 1.82) is 0 Å². The Kier molecular flexibility index (Phi) is 4.18. The van der Waals surface area contributed by atoms with Crippen LogP contribution in [0, 0.1) is 0 Å². The molecule has 0 N–H and O–H groups in total. The highest BCUT2D eigenvalue weighted by atomic mass is 16.5. The average molecular weight is 196 g/mol. The summed E-state index contributed by atoms with van der Waals surface area (Å²) in [7, 11) is 0. The van der Waals surface area contributed by atoms with Gasteiger partial charge < -0.3 is 4.74 Å². The molecule has 1 nitrogen and oxygen atoms in total. The Balaban J connectivity index is 2.43. The summed E-state index contributed by atoms with van der Waals surface area (Å²) in [6, 6.07) is 0. The molecule has 14 heavy (non-hydrogen) atoms. The molecule has 1 heteroatoms. The van der Waals surface area contributed by atoms with Crippen LogP contribution in [0.4, 0.5) is 0 Å². The second-order valence-electron chi connectivity index (χ2n) is 5.37. The molecule has 82 valence electrons. The molecule has 0 aromatic carbocycles. The quantitative estimate of drug-likeness (QED) is 0.574. The third-order valence-corrected chi connectivity index (χ3v) is 2.60. The van der Waals surface area contributed by atoms with Crippen molar-refractivity contribution in [2.24, 2.45) is 0 Å². The first-order chi connectivity index (χ1) is 6.47. The second kappa shape index (κ2) is 4.97. The third-order valence-electron chi connectivity index (χ3n) is 2.60. The van der Waals surface area contributed by atoms with Crippen molar-refractivity contribution in [1.82, 2.24) is 0 Å². The van der Waals surface area contributed by atoms with Crippen molar-refractivity contribution < 1.29 is 4.74 Å². The monoisotopic (exact) mass is 196 g/mol. The molecule has 0 aromatic heterocycles. The van der Waals surface area contributed by atoms with E-state index in [4.69, 9.17) is 4.74 Å². The maximum absolute atomic E-state index is 6.04. The molecule has 0 heterocycles. The first-order valence-electron chi connectivity index (χ1n) is 5.81. The highest BCUT2D eigenvalue weighted by Gasteiger charge is 2.19. The summed E-state index contributed by atoms with van der Waals surface area (Å²) < 4.78 is 6.04. The summed E-state index contributed by atoms with van der Waals surface area (Å²) in [6.07, 6.45) is 8.99. The van der Waals surface area contributed by atoms with E-state index in [0.717, 1.165) is 0 Å². The highest BCUT2D eigenvalue weighted by Crippen LogP contribution is 2.23. The summed E-state index contributed by atoms with van der Waals surface area (Å²) in [4.78, 5) is 0. The van der Waals surface area contributed by atoms with Gasteiger partial charge in [0.1, 0.15) is 0 Å². The predicted molar refractivity (Wildman–Crippen MR) is 61.5 cm³/mol. The number of ether oxygens (including phenoxy) is 1. The van der Waals surface area contributed by atoms with Gasteiger partial charge >= 0.3 is 0 Å². The molecule has 0 amide bonds. The Bertz CT molecular complexity index is 198. The number of hydrogen-bond acceptors (Lipinski definition) is 1. The van der Waals surface area contributed by atoms with Gasteiger partial charge in [-0.2, -0.15) is 0 Å². The Morgan fingerprint density at radius 1 is 1.29 bits per heavy atom. The largest absolute Gasteiger partial charge is 0.373 e. The van der Waals surface area contributed by atoms with Gasteiger partial charge in [-0.25, -0.2) is 0 Å². The van der Waals surface area contributed by atoms with Crippen LogP contribution in [-0.2, 0) is 4.74 Å². The highest BCUT2D eigenvalue weighted by molar-refractivity contribution is 4.99. The topological polar surface area (TPSA) is 9.23 Å². The van der Waals surface area contributed by atoms with E-state index in [2.05, 4.69) is 33.8 Å². The van der Waals surface area contributed by atoms with Gasteiger partial charge in [0.25, 0.3) is 0 Å². The van der Waals surface area contributed by atoms with Gasteiger partial charge in [0.05, 0.1) is 11.7 Å². The molecular weight excluding hydrogens is 172 g/mol. The minimum Gasteiger partial charge on any atom is -0.373 e. The van der Waals surface area contributed by atoms with E-state index < -0.39 is 0 Å². The van der Waals surface area contributed by atoms with Crippen LogP contribution in [0.5, 0.6) is 0 Å². The van der Waals surface area contributed by atoms with Crippen LogP contribution in [0.2, 0.25) is 0 Å². The van der Waals surface area contributed by atoms with E-state index in [1.165, 1.54) is 37.7 Å². The smallest absolute Gasteiger partial charge is 0.0602 e. The number of rotatable bonds is 1. The Hall–Kier alpha value is -0.300. The van der Waals surface area contributed by atoms with Gasteiger partial charge in [-0.15, -0.1) is 0 Å². The summed E-state index contributed by atoms with van der Waals surface area (Å²) in [5.41, 5.74) is 1.55. The Morgan fingerprint density at radius 3 is 2.64 bits per heavy atom. The summed E-state index contributed by atoms with van der Waals surface area (Å²) >= 11 is 0. The number of hydrogen-bond donors (Lipinski definition) is 0. The van der Waals surface area contributed by atoms with Crippen molar-refractivity contribution >= 4 is 0 Å². The number of allylic oxidation sites excluding steroid dienone is 2. The van der Waals surface area contributed by atoms with Crippen molar-refractivity contribution in [3.05, 3.63) is 11.6 Å². The van der Waals surface area contributed by atoms with Crippen molar-refractivity contribution in [3.63, 3.8) is 0 Å². The van der Waals surface area contributed by atoms with Crippen LogP contribution in [0.25, 0.3) is 0 Å². The molecule has 0 saturated carbocycles. The lowest BCUT2D eigenvalue weighted by Crippen LogP contribution is -2.27. The van der Waals surface area contributed by atoms with Gasteiger partial charge in [0.15, 0.2) is 0 Å². The third kappa shape index (κ3) is 4.80. The first-order valence-corrected chi connectivity index (χ1v) is 5.81. The van der Waals surface area contributed by atoms with E-state index in [-0.39, 0.29) is 5.60 Å². The summed E-state index contributed by atoms with van der Waals surface area (Å²) in [6.45, 7) is 8.68. The lowest BCUT2D eigenvalue weighted by molar-refractivity contribution is -0.0668. The van der Waals surface area contributed by atoms with Crippen LogP contribution in [0.1, 0.15) is 59.8 Å². The molecule has 0 bridgehead atoms. The molecule has 0 aliphatic heterocycles. The molecule has 0 aromatic rings. The van der Waals surface area contributed by atoms with Gasteiger partial charge in [-0.1, -0.05) is 11.6 Å². The van der Waals surface area contributed by atoms with Gasteiger partial charge in [0, 0.05) is 0 Å². The SMILES string of the molecule is CC1=CCCCC(OC(C)(C)C)CC1. The van der Waals surface area contributed by atoms with Crippen LogP contribution in [0.15, 0.2) is 11.6 Å². The van der Waals surface area contributed by atoms with Crippen LogP contribution >= 0.6 is 0 Å². The molecule has 1 unspecified atom stereocenters. The van der Waals surface area contributed by atoms with Crippen molar-refractivity contribution in [2.75, 3.05) is 0 Å². The lowest BCUT2D eigenvalue weighted by atomic mass is 9.98. The van der Waals surface area contributed by atoms with E-state index >= 15 is 0 Å². The molecule has 0 saturated heterocycles. The zero-order valence-corrected chi connectivity index (χ0v) is 10.1. The maximum atomic E-state index is 6.04. The zero-order valence-electron chi connectivity index (χ0n) is 10.1. The normalized spacial score (nSPS) is 25.1. The fourth-order valence-corrected chi connectivity index (χ4v) is 1.95. The van der Waals surface area contributed by atoms with Gasteiger partial charge in [-0.05, 0) is 59.8 Å². The van der Waals surface area contributed by atoms with Crippen LogP contribution < -0.4 is 0 Å². The Labute approximate surface area is 88.5 Å². The summed E-state index contributed by atoms with van der Waals surface area (Å²) in [5.74, 6) is 0. The molecule has 0 radical (unpaired) electrons. The van der Waals surface area contributed by atoms with Crippen molar-refractivity contribution in [3.8, 4) is 0 Å². The first kappa shape index (κ1) is 11.8. The van der Waals surface area contributed by atoms with Gasteiger partial charge in [0.2, 0.25) is 0 Å². The van der Waals surface area contributed by atoms with Gasteiger partial charge in [-0.3, -0.25) is 0 Å². The summed E-state index contributed by atoms with van der Waals surface area (Å²) in [5, 5.41) is 0. The van der Waals surface area contributed by atoms with Crippen molar-refractivity contribution in [2.45, 2.75) is 71.5 Å². The van der Waals surface area contributed by atoms with E-state index in [0.29, 0.717) is 6.10 Å². The second-order valence-corrected chi connectivity index (χ2v) is 5.37. The van der Waals surface area contributed by atoms with Crippen LogP contribution in [-0.4, -0.2) is 11.7 Å². The average Bonchev–Trinajstić information content (AvgIpc) is 2.02. The molecule has 1 aliphatic rings. The standard InChI is InChI=1S/C13H24O/c1-11-7-5-6-8-12(10-9-11)14-13(2,3)4/h7,12H,5-6,8-10H2,1-4H3. The minimum absolute atomic E-state index is 0.0154. The van der Waals surface area contributed by atoms with E-state index in [1.54, 1.807) is 0 Å². The molecule has 0 fully saturated rings. The van der Waals surface area contributed by atoms with Crippen LogP contribution in [0.3, 0.4) is 0 Å². The molecule has 0 spiro atoms.